The smallest absolute Gasteiger partial charge is 0.0611 e. The fraction of sp³-hybridized carbons (Fsp3) is 0.750. The van der Waals surface area contributed by atoms with Gasteiger partial charge in [-0.3, -0.25) is 4.68 Å². The van der Waals surface area contributed by atoms with Crippen LogP contribution in [0.4, 0.5) is 0 Å². The molecule has 0 aliphatic heterocycles. The lowest BCUT2D eigenvalue weighted by Gasteiger charge is -2.31. The first-order valence-corrected chi connectivity index (χ1v) is 5.87. The van der Waals surface area contributed by atoms with E-state index in [1.54, 1.807) is 0 Å². The maximum absolute atomic E-state index is 9.43. The molecule has 1 aromatic heterocycles. The van der Waals surface area contributed by atoms with Gasteiger partial charge in [-0.15, -0.1) is 0 Å². The fourth-order valence-electron chi connectivity index (χ4n) is 2.04. The third-order valence-corrected chi connectivity index (χ3v) is 2.88. The second kappa shape index (κ2) is 5.46. The first-order valence-electron chi connectivity index (χ1n) is 5.87. The number of hydrogen-bond acceptors (Lipinski definition) is 3. The predicted octanol–water partition coefficient (Wildman–Crippen LogP) is 1.50. The number of aliphatic hydroxyl groups excluding tert-OH is 1. The molecule has 16 heavy (non-hydrogen) atoms. The van der Waals surface area contributed by atoms with Crippen LogP contribution in [-0.2, 0) is 0 Å². The highest BCUT2D eigenvalue weighted by atomic mass is 16.3. The average Bonchev–Trinajstić information content (AvgIpc) is 2.65. The van der Waals surface area contributed by atoms with Gasteiger partial charge in [-0.1, -0.05) is 6.92 Å². The third kappa shape index (κ3) is 3.32. The van der Waals surface area contributed by atoms with E-state index in [-0.39, 0.29) is 18.2 Å². The molecule has 0 saturated heterocycles. The average molecular weight is 225 g/mol. The van der Waals surface area contributed by atoms with Gasteiger partial charge in [0.1, 0.15) is 0 Å². The second-order valence-corrected chi connectivity index (χ2v) is 4.80. The molecule has 1 rings (SSSR count). The van der Waals surface area contributed by atoms with E-state index in [0.29, 0.717) is 0 Å². The Morgan fingerprint density at radius 2 is 2.31 bits per heavy atom. The van der Waals surface area contributed by atoms with Crippen LogP contribution in [0.2, 0.25) is 0 Å². The zero-order valence-electron chi connectivity index (χ0n) is 10.7. The maximum Gasteiger partial charge on any atom is 0.0611 e. The molecule has 0 amide bonds. The molecule has 2 N–H and O–H groups in total. The van der Waals surface area contributed by atoms with Gasteiger partial charge in [0.2, 0.25) is 0 Å². The summed E-state index contributed by atoms with van der Waals surface area (Å²) in [6.07, 6.45) is 4.76. The molecule has 0 aliphatic carbocycles. The largest absolute Gasteiger partial charge is 0.394 e. The molecule has 0 aliphatic rings. The van der Waals surface area contributed by atoms with Crippen molar-refractivity contribution in [3.63, 3.8) is 0 Å². The van der Waals surface area contributed by atoms with E-state index >= 15 is 0 Å². The van der Waals surface area contributed by atoms with E-state index in [2.05, 4.69) is 24.3 Å². The van der Waals surface area contributed by atoms with Gasteiger partial charge in [-0.25, -0.2) is 0 Å². The number of aryl methyl sites for hydroxylation is 1. The standard InChI is InChI=1S/C12H23N3O/c1-5-13-12(4,9-16)6-11(3)15-8-10(2)7-14-15/h7-8,11,13,16H,5-6,9H2,1-4H3. The van der Waals surface area contributed by atoms with Crippen LogP contribution in [0.25, 0.3) is 0 Å². The summed E-state index contributed by atoms with van der Waals surface area (Å²) in [5.74, 6) is 0. The van der Waals surface area contributed by atoms with Crippen molar-refractivity contribution in [1.29, 1.82) is 0 Å². The minimum atomic E-state index is -0.228. The summed E-state index contributed by atoms with van der Waals surface area (Å²) in [4.78, 5) is 0. The summed E-state index contributed by atoms with van der Waals surface area (Å²) >= 11 is 0. The Hall–Kier alpha value is -0.870. The Balaban J connectivity index is 2.65. The Bertz CT molecular complexity index is 324. The molecule has 4 nitrogen and oxygen atoms in total. The first kappa shape index (κ1) is 13.2. The van der Waals surface area contributed by atoms with Crippen LogP contribution in [-0.4, -0.2) is 33.6 Å². The lowest BCUT2D eigenvalue weighted by atomic mass is 9.94. The van der Waals surface area contributed by atoms with Gasteiger partial charge in [0, 0.05) is 11.7 Å². The van der Waals surface area contributed by atoms with Crippen molar-refractivity contribution in [3.05, 3.63) is 18.0 Å². The van der Waals surface area contributed by atoms with Crippen LogP contribution >= 0.6 is 0 Å². The number of likely N-dealkylation sites (N-methyl/N-ethyl adjacent to an activating group) is 1. The number of aliphatic hydroxyl groups is 1. The van der Waals surface area contributed by atoms with Crippen LogP contribution in [0.1, 0.15) is 38.8 Å². The summed E-state index contributed by atoms with van der Waals surface area (Å²) in [6.45, 7) is 9.26. The molecular weight excluding hydrogens is 202 g/mol. The molecule has 0 radical (unpaired) electrons. The first-order chi connectivity index (χ1) is 7.50. The van der Waals surface area contributed by atoms with Crippen molar-refractivity contribution in [2.75, 3.05) is 13.2 Å². The van der Waals surface area contributed by atoms with Crippen molar-refractivity contribution in [3.8, 4) is 0 Å². The van der Waals surface area contributed by atoms with Gasteiger partial charge in [-0.05, 0) is 39.3 Å². The molecular formula is C12H23N3O. The molecule has 1 aromatic rings. The summed E-state index contributed by atoms with van der Waals surface area (Å²) in [6, 6.07) is 0.282. The van der Waals surface area contributed by atoms with E-state index in [1.807, 2.05) is 30.9 Å². The van der Waals surface area contributed by atoms with Crippen molar-refractivity contribution in [1.82, 2.24) is 15.1 Å². The topological polar surface area (TPSA) is 50.1 Å². The molecule has 4 heteroatoms. The van der Waals surface area contributed by atoms with E-state index in [4.69, 9.17) is 0 Å². The predicted molar refractivity (Wildman–Crippen MR) is 65.5 cm³/mol. The molecule has 2 unspecified atom stereocenters. The van der Waals surface area contributed by atoms with Gasteiger partial charge >= 0.3 is 0 Å². The summed E-state index contributed by atoms with van der Waals surface area (Å²) in [5.41, 5.74) is 0.939. The Kier molecular flexibility index (Phi) is 4.50. The van der Waals surface area contributed by atoms with Crippen LogP contribution in [0, 0.1) is 6.92 Å². The highest BCUT2D eigenvalue weighted by molar-refractivity contribution is 5.00. The van der Waals surface area contributed by atoms with E-state index in [0.717, 1.165) is 13.0 Å². The van der Waals surface area contributed by atoms with Crippen LogP contribution in [0.5, 0.6) is 0 Å². The fourth-order valence-corrected chi connectivity index (χ4v) is 2.04. The van der Waals surface area contributed by atoms with E-state index < -0.39 is 0 Å². The maximum atomic E-state index is 9.43. The van der Waals surface area contributed by atoms with Gasteiger partial charge in [0.15, 0.2) is 0 Å². The highest BCUT2D eigenvalue weighted by Gasteiger charge is 2.25. The lowest BCUT2D eigenvalue weighted by molar-refractivity contribution is 0.150. The zero-order chi connectivity index (χ0) is 12.2. The number of rotatable bonds is 6. The van der Waals surface area contributed by atoms with Gasteiger partial charge in [0.25, 0.3) is 0 Å². The Labute approximate surface area is 97.7 Å². The third-order valence-electron chi connectivity index (χ3n) is 2.88. The number of nitrogens with zero attached hydrogens (tertiary/aromatic N) is 2. The van der Waals surface area contributed by atoms with Gasteiger partial charge in [-0.2, -0.15) is 5.10 Å². The number of aromatic nitrogens is 2. The van der Waals surface area contributed by atoms with Crippen LogP contribution in [0.15, 0.2) is 12.4 Å². The molecule has 2 atom stereocenters. The second-order valence-electron chi connectivity index (χ2n) is 4.80. The molecule has 0 aromatic carbocycles. The molecule has 1 heterocycles. The lowest BCUT2D eigenvalue weighted by Crippen LogP contribution is -2.47. The molecule has 92 valence electrons. The minimum Gasteiger partial charge on any atom is -0.394 e. The summed E-state index contributed by atoms with van der Waals surface area (Å²) in [7, 11) is 0. The minimum absolute atomic E-state index is 0.144. The summed E-state index contributed by atoms with van der Waals surface area (Å²) in [5, 5.41) is 17.1. The molecule has 0 spiro atoms. The number of hydrogen-bond donors (Lipinski definition) is 2. The molecule has 0 fully saturated rings. The Morgan fingerprint density at radius 3 is 2.75 bits per heavy atom. The van der Waals surface area contributed by atoms with Crippen molar-refractivity contribution in [2.45, 2.75) is 45.7 Å². The molecule has 0 bridgehead atoms. The van der Waals surface area contributed by atoms with Gasteiger partial charge < -0.3 is 10.4 Å². The zero-order valence-corrected chi connectivity index (χ0v) is 10.7. The number of nitrogens with one attached hydrogen (secondary N) is 1. The van der Waals surface area contributed by atoms with Crippen LogP contribution in [0.3, 0.4) is 0 Å². The quantitative estimate of drug-likeness (QED) is 0.771. The normalized spacial score (nSPS) is 17.1. The van der Waals surface area contributed by atoms with E-state index in [9.17, 15) is 5.11 Å². The monoisotopic (exact) mass is 225 g/mol. The van der Waals surface area contributed by atoms with Crippen molar-refractivity contribution >= 4 is 0 Å². The SMILES string of the molecule is CCNC(C)(CO)CC(C)n1cc(C)cn1. The highest BCUT2D eigenvalue weighted by Crippen LogP contribution is 2.20. The van der Waals surface area contributed by atoms with Crippen molar-refractivity contribution < 1.29 is 5.11 Å². The molecule has 0 saturated carbocycles. The Morgan fingerprint density at radius 1 is 1.62 bits per heavy atom. The summed E-state index contributed by atoms with van der Waals surface area (Å²) < 4.78 is 1.96. The van der Waals surface area contributed by atoms with E-state index in [1.165, 1.54) is 5.56 Å². The van der Waals surface area contributed by atoms with Crippen LogP contribution < -0.4 is 5.32 Å². The van der Waals surface area contributed by atoms with Crippen molar-refractivity contribution in [2.24, 2.45) is 0 Å². The van der Waals surface area contributed by atoms with Gasteiger partial charge in [0.05, 0.1) is 18.8 Å².